The third-order valence-electron chi connectivity index (χ3n) is 2.79. The van der Waals surface area contributed by atoms with Crippen molar-refractivity contribution in [1.29, 1.82) is 0 Å². The van der Waals surface area contributed by atoms with Crippen molar-refractivity contribution >= 4 is 33.4 Å². The molecule has 0 aromatic rings. The number of amides is 2. The Morgan fingerprint density at radius 3 is 2.46 bits per heavy atom. The summed E-state index contributed by atoms with van der Waals surface area (Å²) < 4.78 is 10.9. The summed E-state index contributed by atoms with van der Waals surface area (Å²) in [5, 5.41) is 5.55. The molecule has 0 aliphatic rings. The van der Waals surface area contributed by atoms with Crippen molar-refractivity contribution in [3.63, 3.8) is 0 Å². The molecule has 0 aromatic carbocycles. The Hall–Kier alpha value is -0.880. The van der Waals surface area contributed by atoms with Gasteiger partial charge in [0, 0.05) is 24.1 Å². The van der Waals surface area contributed by atoms with Gasteiger partial charge in [-0.1, -0.05) is 61.1 Å². The molecule has 2 N–H and O–H groups in total. The number of nitrogens with one attached hydrogen (secondary N) is 2. The minimum absolute atomic E-state index is 0.0124. The standard InChI is InChI=1S/C18H32N2O4S2/c1-14(2)7-6-8-19-17(21)13-23-10-11-24-16(5)26-25-12-9-20-18(22)15(3)4/h14-16H,8-13H2,1-5H3,(H,19,21)(H,20,22). The Kier molecular flexibility index (Phi) is 15.8. The average molecular weight is 405 g/mol. The monoisotopic (exact) mass is 404 g/mol. The first kappa shape index (κ1) is 25.1. The van der Waals surface area contributed by atoms with Crippen LogP contribution in [-0.4, -0.2) is 55.9 Å². The molecule has 0 saturated carbocycles. The average Bonchev–Trinajstić information content (AvgIpc) is 2.57. The second kappa shape index (κ2) is 16.3. The first-order valence-electron chi connectivity index (χ1n) is 8.83. The van der Waals surface area contributed by atoms with E-state index in [1.54, 1.807) is 21.6 Å². The summed E-state index contributed by atoms with van der Waals surface area (Å²) in [5.41, 5.74) is 0.0181. The lowest BCUT2D eigenvalue weighted by atomic mass is 10.2. The molecule has 0 heterocycles. The fraction of sp³-hybridized carbons (Fsp3) is 0.778. The molecule has 0 aliphatic heterocycles. The first-order chi connectivity index (χ1) is 12.3. The maximum absolute atomic E-state index is 11.5. The fourth-order valence-corrected chi connectivity index (χ4v) is 3.38. The number of rotatable bonds is 13. The predicted octanol–water partition coefficient (Wildman–Crippen LogP) is 2.29. The van der Waals surface area contributed by atoms with E-state index >= 15 is 0 Å². The van der Waals surface area contributed by atoms with Crippen LogP contribution in [0.4, 0.5) is 0 Å². The lowest BCUT2D eigenvalue weighted by molar-refractivity contribution is -0.126. The van der Waals surface area contributed by atoms with E-state index in [9.17, 15) is 9.59 Å². The quantitative estimate of drug-likeness (QED) is 0.212. The van der Waals surface area contributed by atoms with Crippen LogP contribution in [0.5, 0.6) is 0 Å². The zero-order valence-corrected chi connectivity index (χ0v) is 18.1. The number of hydrogen-bond donors (Lipinski definition) is 2. The topological polar surface area (TPSA) is 76.7 Å². The van der Waals surface area contributed by atoms with Crippen LogP contribution in [0.15, 0.2) is 0 Å². The van der Waals surface area contributed by atoms with Crippen LogP contribution in [0.25, 0.3) is 0 Å². The van der Waals surface area contributed by atoms with Crippen molar-refractivity contribution in [3.8, 4) is 11.8 Å². The van der Waals surface area contributed by atoms with Gasteiger partial charge >= 0.3 is 0 Å². The summed E-state index contributed by atoms with van der Waals surface area (Å²) in [6.07, 6.45) is 0. The Bertz CT molecular complexity index is 462. The van der Waals surface area contributed by atoms with Gasteiger partial charge in [-0.05, 0) is 6.92 Å². The van der Waals surface area contributed by atoms with E-state index in [-0.39, 0.29) is 29.8 Å². The third-order valence-corrected chi connectivity index (χ3v) is 5.43. The Morgan fingerprint density at radius 1 is 1.08 bits per heavy atom. The lowest BCUT2D eigenvalue weighted by Gasteiger charge is -2.12. The minimum atomic E-state index is -0.176. The smallest absolute Gasteiger partial charge is 0.246 e. The van der Waals surface area contributed by atoms with Crippen LogP contribution in [0, 0.1) is 23.7 Å². The molecule has 0 radical (unpaired) electrons. The molecule has 0 aromatic heterocycles. The van der Waals surface area contributed by atoms with Gasteiger partial charge in [0.05, 0.1) is 19.8 Å². The maximum atomic E-state index is 11.5. The molecule has 0 rings (SSSR count). The summed E-state index contributed by atoms with van der Waals surface area (Å²) in [7, 11) is 3.27. The van der Waals surface area contributed by atoms with Crippen molar-refractivity contribution in [3.05, 3.63) is 0 Å². The van der Waals surface area contributed by atoms with Crippen LogP contribution >= 0.6 is 21.6 Å². The van der Waals surface area contributed by atoms with E-state index in [4.69, 9.17) is 9.47 Å². The molecule has 26 heavy (non-hydrogen) atoms. The first-order valence-corrected chi connectivity index (χ1v) is 11.2. The summed E-state index contributed by atoms with van der Waals surface area (Å²) in [4.78, 5) is 22.9. The highest BCUT2D eigenvalue weighted by Gasteiger charge is 2.07. The van der Waals surface area contributed by atoms with Gasteiger partial charge in [-0.2, -0.15) is 0 Å². The van der Waals surface area contributed by atoms with Crippen molar-refractivity contribution in [2.24, 2.45) is 11.8 Å². The van der Waals surface area contributed by atoms with Crippen LogP contribution in [0.3, 0.4) is 0 Å². The lowest BCUT2D eigenvalue weighted by Crippen LogP contribution is -2.29. The molecule has 8 heteroatoms. The highest BCUT2D eigenvalue weighted by molar-refractivity contribution is 8.76. The van der Waals surface area contributed by atoms with Crippen molar-refractivity contribution in [2.75, 3.05) is 38.7 Å². The molecule has 0 saturated heterocycles. The molecule has 6 nitrogen and oxygen atoms in total. The van der Waals surface area contributed by atoms with Crippen molar-refractivity contribution in [1.82, 2.24) is 10.6 Å². The summed E-state index contributed by atoms with van der Waals surface area (Å²) >= 11 is 0. The minimum Gasteiger partial charge on any atom is -0.369 e. The van der Waals surface area contributed by atoms with Crippen molar-refractivity contribution < 1.29 is 19.1 Å². The fourth-order valence-electron chi connectivity index (χ4n) is 1.48. The molecule has 0 aliphatic carbocycles. The molecule has 0 bridgehead atoms. The summed E-state index contributed by atoms with van der Waals surface area (Å²) in [5.74, 6) is 6.90. The molecule has 1 unspecified atom stereocenters. The number of carbonyl (C=O) groups excluding carboxylic acids is 2. The van der Waals surface area contributed by atoms with Crippen LogP contribution < -0.4 is 10.6 Å². The second-order valence-corrected chi connectivity index (χ2v) is 8.89. The number of hydrogen-bond acceptors (Lipinski definition) is 6. The van der Waals surface area contributed by atoms with Crippen molar-refractivity contribution in [2.45, 2.75) is 40.1 Å². The Labute approximate surface area is 165 Å². The van der Waals surface area contributed by atoms with Gasteiger partial charge < -0.3 is 20.1 Å². The van der Waals surface area contributed by atoms with Gasteiger partial charge in [0.1, 0.15) is 12.0 Å². The van der Waals surface area contributed by atoms with E-state index in [0.717, 1.165) is 5.75 Å². The molecular formula is C18H32N2O4S2. The third kappa shape index (κ3) is 16.6. The SMILES string of the molecule is CC(C)C#CCNC(=O)COCCOC(C)SSCCNC(=O)C(C)C. The zero-order chi connectivity index (χ0) is 19.8. The number of carbonyl (C=O) groups is 2. The van der Waals surface area contributed by atoms with Crippen LogP contribution in [-0.2, 0) is 19.1 Å². The van der Waals surface area contributed by atoms with Crippen LogP contribution in [0.2, 0.25) is 0 Å². The summed E-state index contributed by atoms with van der Waals surface area (Å²) in [6.45, 7) is 11.5. The summed E-state index contributed by atoms with van der Waals surface area (Å²) in [6, 6.07) is 0. The van der Waals surface area contributed by atoms with Gasteiger partial charge in [0.25, 0.3) is 0 Å². The Morgan fingerprint density at radius 2 is 1.81 bits per heavy atom. The highest BCUT2D eigenvalue weighted by atomic mass is 33.1. The molecule has 150 valence electrons. The molecule has 0 fully saturated rings. The molecule has 2 amide bonds. The van der Waals surface area contributed by atoms with E-state index in [2.05, 4.69) is 22.5 Å². The van der Waals surface area contributed by atoms with Gasteiger partial charge in [0.2, 0.25) is 11.8 Å². The normalized spacial score (nSPS) is 11.8. The maximum Gasteiger partial charge on any atom is 0.246 e. The van der Waals surface area contributed by atoms with Gasteiger partial charge in [-0.25, -0.2) is 0 Å². The van der Waals surface area contributed by atoms with E-state index in [1.807, 2.05) is 34.6 Å². The molecule has 0 spiro atoms. The zero-order valence-electron chi connectivity index (χ0n) is 16.4. The van der Waals surface area contributed by atoms with E-state index in [1.165, 1.54) is 0 Å². The Balaban J connectivity index is 3.48. The predicted molar refractivity (Wildman–Crippen MR) is 110 cm³/mol. The largest absolute Gasteiger partial charge is 0.369 e. The second-order valence-electron chi connectivity index (χ2n) is 6.11. The van der Waals surface area contributed by atoms with Gasteiger partial charge in [-0.15, -0.1) is 0 Å². The number of ether oxygens (including phenoxy) is 2. The van der Waals surface area contributed by atoms with Crippen LogP contribution in [0.1, 0.15) is 34.6 Å². The van der Waals surface area contributed by atoms with E-state index in [0.29, 0.717) is 32.2 Å². The van der Waals surface area contributed by atoms with Gasteiger partial charge in [0.15, 0.2) is 0 Å². The molecule has 1 atom stereocenters. The molecular weight excluding hydrogens is 372 g/mol. The van der Waals surface area contributed by atoms with Gasteiger partial charge in [-0.3, -0.25) is 9.59 Å². The van der Waals surface area contributed by atoms with E-state index < -0.39 is 0 Å². The highest BCUT2D eigenvalue weighted by Crippen LogP contribution is 2.26.